The van der Waals surface area contributed by atoms with Crippen LogP contribution < -0.4 is 5.73 Å². The largest absolute Gasteiger partial charge is 0.464 e. The number of hydrogen-bond acceptors (Lipinski definition) is 6. The molecule has 0 heterocycles. The third-order valence-electron chi connectivity index (χ3n) is 7.26. The lowest BCUT2D eigenvalue weighted by molar-refractivity contribution is -0.167. The van der Waals surface area contributed by atoms with Crippen molar-refractivity contribution in [3.05, 3.63) is 0 Å². The van der Waals surface area contributed by atoms with E-state index in [2.05, 4.69) is 36.7 Å². The van der Waals surface area contributed by atoms with E-state index in [0.29, 0.717) is 26.0 Å². The third kappa shape index (κ3) is 6.06. The van der Waals surface area contributed by atoms with Gasteiger partial charge in [0.1, 0.15) is 12.2 Å². The van der Waals surface area contributed by atoms with Gasteiger partial charge in [0, 0.05) is 17.3 Å². The Labute approximate surface area is 202 Å². The molecule has 2 fully saturated rings. The fourth-order valence-corrected chi connectivity index (χ4v) is 5.86. The van der Waals surface area contributed by atoms with Crippen molar-refractivity contribution in [1.29, 1.82) is 0 Å². The molecule has 0 aromatic carbocycles. The zero-order valence-corrected chi connectivity index (χ0v) is 23.1. The van der Waals surface area contributed by atoms with Crippen LogP contribution >= 0.6 is 15.9 Å². The lowest BCUT2D eigenvalue weighted by Gasteiger charge is -2.35. The van der Waals surface area contributed by atoms with Gasteiger partial charge >= 0.3 is 11.9 Å². The molecule has 7 heteroatoms. The summed E-state index contributed by atoms with van der Waals surface area (Å²) in [6.07, 6.45) is 2.77. The Morgan fingerprint density at radius 3 is 2.06 bits per heavy atom. The Kier molecular flexibility index (Phi) is 7.62. The van der Waals surface area contributed by atoms with Crippen LogP contribution in [-0.2, 0) is 23.8 Å². The first-order valence-corrected chi connectivity index (χ1v) is 12.5. The van der Waals surface area contributed by atoms with Gasteiger partial charge in [-0.25, -0.2) is 0 Å². The number of carbonyl (C=O) groups excluding carboxylic acids is 2. The van der Waals surface area contributed by atoms with Crippen molar-refractivity contribution in [3.8, 4) is 0 Å². The predicted molar refractivity (Wildman–Crippen MR) is 130 cm³/mol. The number of carbonyl (C=O) groups is 2. The molecule has 2 aliphatic carbocycles. The lowest BCUT2D eigenvalue weighted by Crippen LogP contribution is -2.39. The highest BCUT2D eigenvalue weighted by atomic mass is 79.9. The van der Waals surface area contributed by atoms with Crippen LogP contribution in [0.3, 0.4) is 0 Å². The maximum atomic E-state index is 13.5. The van der Waals surface area contributed by atoms with Gasteiger partial charge in [-0.1, -0.05) is 29.8 Å². The van der Waals surface area contributed by atoms with E-state index in [9.17, 15) is 9.59 Å². The molecule has 32 heavy (non-hydrogen) atoms. The minimum atomic E-state index is -0.620. The van der Waals surface area contributed by atoms with Crippen LogP contribution in [0.1, 0.15) is 88.0 Å². The Bertz CT molecular complexity index is 726. The molecule has 0 amide bonds. The van der Waals surface area contributed by atoms with E-state index < -0.39 is 16.4 Å². The molecular weight excluding hydrogens is 474 g/mol. The molecule has 0 radical (unpaired) electrons. The van der Waals surface area contributed by atoms with Crippen LogP contribution in [0.15, 0.2) is 0 Å². The maximum Gasteiger partial charge on any atom is 0.314 e. The van der Waals surface area contributed by atoms with Gasteiger partial charge in [-0.05, 0) is 79.1 Å². The molecule has 4 atom stereocenters. The molecule has 2 aliphatic rings. The average molecular weight is 519 g/mol. The highest BCUT2D eigenvalue weighted by Crippen LogP contribution is 2.71. The molecule has 0 aromatic rings. The van der Waals surface area contributed by atoms with Gasteiger partial charge in [0.2, 0.25) is 0 Å². The van der Waals surface area contributed by atoms with Crippen molar-refractivity contribution in [2.24, 2.45) is 27.9 Å². The van der Waals surface area contributed by atoms with Crippen molar-refractivity contribution < 1.29 is 23.8 Å². The number of rotatable bonds is 11. The molecule has 6 nitrogen and oxygen atoms in total. The van der Waals surface area contributed by atoms with Gasteiger partial charge in [-0.15, -0.1) is 0 Å². The average Bonchev–Trinajstić information content (AvgIpc) is 3.44. The fourth-order valence-electron chi connectivity index (χ4n) is 5.08. The number of ether oxygens (including phenoxy) is 3. The molecule has 186 valence electrons. The van der Waals surface area contributed by atoms with Gasteiger partial charge in [0.25, 0.3) is 0 Å². The summed E-state index contributed by atoms with van der Waals surface area (Å²) >= 11 is 3.78. The van der Waals surface area contributed by atoms with Crippen LogP contribution in [0.2, 0.25) is 0 Å². The molecule has 2 N–H and O–H groups in total. The lowest BCUT2D eigenvalue weighted by atomic mass is 9.74. The smallest absolute Gasteiger partial charge is 0.314 e. The molecule has 0 aromatic heterocycles. The quantitative estimate of drug-likeness (QED) is 0.306. The number of alkyl halides is 1. The standard InChI is InChI=1S/C25H44BrNO5/c1-20(2,3)31-12-10-22(6,7)32-19(29)25(16-24(25,9)26)15-21(4,5)17-14-23(17,8)18(28)30-13-11-27/h17H,10-16,27H2,1-9H3. The number of halogens is 1. The third-order valence-corrected chi connectivity index (χ3v) is 8.30. The second-order valence-corrected chi connectivity index (χ2v) is 14.3. The molecular formula is C25H44BrNO5. The second kappa shape index (κ2) is 8.84. The molecule has 0 saturated heterocycles. The first-order valence-electron chi connectivity index (χ1n) is 11.8. The molecule has 2 rings (SSSR count). The Morgan fingerprint density at radius 1 is 1.03 bits per heavy atom. The topological polar surface area (TPSA) is 87.8 Å². The second-order valence-electron chi connectivity index (χ2n) is 12.6. The number of hydrogen-bond donors (Lipinski definition) is 1. The summed E-state index contributed by atoms with van der Waals surface area (Å²) < 4.78 is 16.9. The summed E-state index contributed by atoms with van der Waals surface area (Å²) in [4.78, 5) is 26.0. The van der Waals surface area contributed by atoms with Gasteiger partial charge in [-0.3, -0.25) is 9.59 Å². The Morgan fingerprint density at radius 2 is 1.59 bits per heavy atom. The highest BCUT2D eigenvalue weighted by molar-refractivity contribution is 9.10. The fraction of sp³-hybridized carbons (Fsp3) is 0.920. The zero-order chi connectivity index (χ0) is 24.8. The molecule has 4 unspecified atom stereocenters. The first-order chi connectivity index (χ1) is 14.3. The van der Waals surface area contributed by atoms with Gasteiger partial charge in [0.15, 0.2) is 0 Å². The number of esters is 2. The monoisotopic (exact) mass is 517 g/mol. The normalized spacial score (nSPS) is 32.4. The van der Waals surface area contributed by atoms with E-state index in [4.69, 9.17) is 19.9 Å². The van der Waals surface area contributed by atoms with Crippen molar-refractivity contribution in [3.63, 3.8) is 0 Å². The minimum Gasteiger partial charge on any atom is -0.464 e. The van der Waals surface area contributed by atoms with Gasteiger partial charge in [0.05, 0.1) is 23.0 Å². The van der Waals surface area contributed by atoms with E-state index in [0.717, 1.165) is 12.8 Å². The SMILES string of the molecule is CC(C)(C)OCCC(C)(C)OC(=O)C1(CC(C)(C)C2CC2(C)C(=O)OCCN)CC1(C)Br. The van der Waals surface area contributed by atoms with Crippen LogP contribution in [0, 0.1) is 22.2 Å². The summed E-state index contributed by atoms with van der Waals surface area (Å²) in [5, 5.41) is 0. The summed E-state index contributed by atoms with van der Waals surface area (Å²) in [7, 11) is 0. The molecule has 0 spiro atoms. The van der Waals surface area contributed by atoms with Crippen molar-refractivity contribution in [2.45, 2.75) is 104 Å². The molecule has 2 saturated carbocycles. The predicted octanol–water partition coefficient (Wildman–Crippen LogP) is 5.00. The Balaban J connectivity index is 2.06. The van der Waals surface area contributed by atoms with Crippen LogP contribution in [0.4, 0.5) is 0 Å². The highest BCUT2D eigenvalue weighted by Gasteiger charge is 2.73. The summed E-state index contributed by atoms with van der Waals surface area (Å²) in [6, 6.07) is 0. The van der Waals surface area contributed by atoms with E-state index >= 15 is 0 Å². The van der Waals surface area contributed by atoms with Crippen LogP contribution in [0.25, 0.3) is 0 Å². The zero-order valence-electron chi connectivity index (χ0n) is 21.5. The number of nitrogens with two attached hydrogens (primary N) is 1. The minimum absolute atomic E-state index is 0.155. The van der Waals surface area contributed by atoms with Crippen molar-refractivity contribution >= 4 is 27.9 Å². The van der Waals surface area contributed by atoms with Crippen LogP contribution in [-0.4, -0.2) is 47.2 Å². The summed E-state index contributed by atoms with van der Waals surface area (Å²) in [5.41, 5.74) is 3.29. The van der Waals surface area contributed by atoms with Gasteiger partial charge < -0.3 is 19.9 Å². The van der Waals surface area contributed by atoms with Gasteiger partial charge in [-0.2, -0.15) is 0 Å². The summed E-state index contributed by atoms with van der Waals surface area (Å²) in [5.74, 6) is -0.198. The van der Waals surface area contributed by atoms with Crippen LogP contribution in [0.5, 0.6) is 0 Å². The van der Waals surface area contributed by atoms with E-state index in [-0.39, 0.29) is 39.8 Å². The van der Waals surface area contributed by atoms with E-state index in [1.807, 2.05) is 41.5 Å². The maximum absolute atomic E-state index is 13.5. The van der Waals surface area contributed by atoms with Crippen molar-refractivity contribution in [1.82, 2.24) is 0 Å². The molecule has 0 aliphatic heterocycles. The Hall–Kier alpha value is -0.660. The summed E-state index contributed by atoms with van der Waals surface area (Å²) in [6.45, 7) is 19.3. The molecule has 0 bridgehead atoms. The first kappa shape index (κ1) is 27.6. The van der Waals surface area contributed by atoms with E-state index in [1.165, 1.54) is 0 Å². The van der Waals surface area contributed by atoms with E-state index in [1.54, 1.807) is 0 Å². The van der Waals surface area contributed by atoms with Crippen molar-refractivity contribution in [2.75, 3.05) is 19.8 Å².